The Hall–Kier alpha value is -2.14. The molecule has 0 radical (unpaired) electrons. The van der Waals surface area contributed by atoms with Crippen molar-refractivity contribution in [1.82, 2.24) is 0 Å². The van der Waals surface area contributed by atoms with Gasteiger partial charge in [-0.25, -0.2) is 0 Å². The van der Waals surface area contributed by atoms with Gasteiger partial charge in [-0.1, -0.05) is 18.2 Å². The fourth-order valence-electron chi connectivity index (χ4n) is 2.25. The first kappa shape index (κ1) is 12.9. The number of hydrogen-bond donors (Lipinski definition) is 1. The molecule has 100 valence electrons. The molecule has 3 rings (SSSR count). The predicted octanol–water partition coefficient (Wildman–Crippen LogP) is 2.88. The third kappa shape index (κ3) is 2.00. The summed E-state index contributed by atoms with van der Waals surface area (Å²) in [5, 5.41) is 9.27. The first-order chi connectivity index (χ1) is 9.58. The van der Waals surface area contributed by atoms with E-state index < -0.39 is 11.7 Å². The minimum Gasteiger partial charge on any atom is -0.508 e. The van der Waals surface area contributed by atoms with E-state index >= 15 is 0 Å². The second-order valence-corrected chi connectivity index (χ2v) is 5.38. The van der Waals surface area contributed by atoms with E-state index in [0.717, 1.165) is 5.56 Å². The molecule has 0 saturated carbocycles. The van der Waals surface area contributed by atoms with Gasteiger partial charge in [-0.2, -0.15) is 0 Å². The van der Waals surface area contributed by atoms with Crippen molar-refractivity contribution in [2.75, 3.05) is 4.90 Å². The van der Waals surface area contributed by atoms with Crippen LogP contribution in [0, 0.1) is 0 Å². The zero-order valence-electron chi connectivity index (χ0n) is 10.3. The molecule has 0 aliphatic carbocycles. The predicted molar refractivity (Wildman–Crippen MR) is 77.8 cm³/mol. The normalized spacial score (nSPS) is 13.8. The number of benzene rings is 2. The second kappa shape index (κ2) is 4.76. The highest BCUT2D eigenvalue weighted by atomic mass is 79.9. The van der Waals surface area contributed by atoms with Crippen molar-refractivity contribution >= 4 is 33.3 Å². The lowest BCUT2D eigenvalue weighted by molar-refractivity contribution is -0.114. The number of fused-ring (bicyclic) bond motifs is 1. The van der Waals surface area contributed by atoms with E-state index in [9.17, 15) is 14.7 Å². The number of carbonyl (C=O) groups is 2. The van der Waals surface area contributed by atoms with Gasteiger partial charge in [0, 0.05) is 4.47 Å². The lowest BCUT2D eigenvalue weighted by atomic mass is 10.1. The number of rotatable bonds is 2. The van der Waals surface area contributed by atoms with E-state index in [1.807, 2.05) is 0 Å². The van der Waals surface area contributed by atoms with E-state index in [0.29, 0.717) is 22.3 Å². The molecule has 0 bridgehead atoms. The summed E-state index contributed by atoms with van der Waals surface area (Å²) in [5.74, 6) is -0.848. The zero-order chi connectivity index (χ0) is 14.3. The Balaban J connectivity index is 2.01. The van der Waals surface area contributed by atoms with Gasteiger partial charge in [0.1, 0.15) is 5.75 Å². The number of amides is 1. The summed E-state index contributed by atoms with van der Waals surface area (Å²) in [7, 11) is 0. The minimum atomic E-state index is -0.528. The van der Waals surface area contributed by atoms with Crippen LogP contribution in [-0.2, 0) is 11.3 Å². The van der Waals surface area contributed by atoms with Gasteiger partial charge in [-0.05, 0) is 45.8 Å². The summed E-state index contributed by atoms with van der Waals surface area (Å²) >= 11 is 3.38. The molecular weight excluding hydrogens is 322 g/mol. The molecule has 1 aliphatic heterocycles. The average molecular weight is 332 g/mol. The maximum atomic E-state index is 12.1. The van der Waals surface area contributed by atoms with Crippen molar-refractivity contribution in [1.29, 1.82) is 0 Å². The van der Waals surface area contributed by atoms with E-state index in [1.54, 1.807) is 42.5 Å². The van der Waals surface area contributed by atoms with Crippen molar-refractivity contribution in [2.45, 2.75) is 6.54 Å². The molecule has 4 nitrogen and oxygen atoms in total. The fourth-order valence-corrected chi connectivity index (χ4v) is 2.83. The van der Waals surface area contributed by atoms with Gasteiger partial charge in [0.05, 0.1) is 17.8 Å². The Bertz CT molecular complexity index is 710. The number of halogens is 1. The van der Waals surface area contributed by atoms with Gasteiger partial charge in [-0.3, -0.25) is 14.5 Å². The Labute approximate surface area is 123 Å². The number of hydrogen-bond acceptors (Lipinski definition) is 3. The maximum Gasteiger partial charge on any atom is 0.299 e. The van der Waals surface area contributed by atoms with Crippen LogP contribution in [0.5, 0.6) is 5.75 Å². The summed E-state index contributed by atoms with van der Waals surface area (Å²) in [4.78, 5) is 25.5. The molecule has 0 fully saturated rings. The third-order valence-electron chi connectivity index (χ3n) is 3.22. The number of para-hydroxylation sites is 1. The molecule has 1 N–H and O–H groups in total. The van der Waals surface area contributed by atoms with Crippen LogP contribution in [0.15, 0.2) is 46.9 Å². The van der Waals surface area contributed by atoms with E-state index in [1.165, 1.54) is 4.90 Å². The lowest BCUT2D eigenvalue weighted by Crippen LogP contribution is -2.29. The first-order valence-electron chi connectivity index (χ1n) is 6.00. The molecule has 0 atom stereocenters. The highest BCUT2D eigenvalue weighted by Gasteiger charge is 2.36. The number of anilines is 1. The van der Waals surface area contributed by atoms with Crippen molar-refractivity contribution in [3.05, 3.63) is 58.1 Å². The summed E-state index contributed by atoms with van der Waals surface area (Å²) in [5.41, 5.74) is 1.87. The molecule has 1 heterocycles. The largest absolute Gasteiger partial charge is 0.508 e. The molecule has 20 heavy (non-hydrogen) atoms. The SMILES string of the molecule is O=C1C(=O)N(Cc2ccc(O)cc2)c2c(Br)cccc21. The summed E-state index contributed by atoms with van der Waals surface area (Å²) in [6, 6.07) is 11.7. The number of nitrogens with zero attached hydrogens (tertiary/aromatic N) is 1. The van der Waals surface area contributed by atoms with Crippen LogP contribution in [0.1, 0.15) is 15.9 Å². The molecule has 0 spiro atoms. The number of Topliss-reactive ketones (excluding diaryl/α,β-unsaturated/α-hetero) is 1. The van der Waals surface area contributed by atoms with Gasteiger partial charge in [0.2, 0.25) is 0 Å². The lowest BCUT2D eigenvalue weighted by Gasteiger charge is -2.17. The van der Waals surface area contributed by atoms with Crippen LogP contribution >= 0.6 is 15.9 Å². The number of phenols is 1. The van der Waals surface area contributed by atoms with E-state index in [2.05, 4.69) is 15.9 Å². The molecule has 0 aromatic heterocycles. The monoisotopic (exact) mass is 331 g/mol. The Morgan fingerprint density at radius 1 is 1.05 bits per heavy atom. The van der Waals surface area contributed by atoms with Crippen LogP contribution in [0.3, 0.4) is 0 Å². The molecule has 5 heteroatoms. The molecule has 2 aromatic carbocycles. The van der Waals surface area contributed by atoms with E-state index in [4.69, 9.17) is 0 Å². The van der Waals surface area contributed by atoms with Crippen LogP contribution in [0.4, 0.5) is 5.69 Å². The third-order valence-corrected chi connectivity index (χ3v) is 3.86. The highest BCUT2D eigenvalue weighted by Crippen LogP contribution is 2.36. The summed E-state index contributed by atoms with van der Waals surface area (Å²) < 4.78 is 0.716. The zero-order valence-corrected chi connectivity index (χ0v) is 11.9. The van der Waals surface area contributed by atoms with E-state index in [-0.39, 0.29) is 5.75 Å². The summed E-state index contributed by atoms with van der Waals surface area (Å²) in [6.45, 7) is 0.292. The standard InChI is InChI=1S/C15H10BrNO3/c16-12-3-1-2-11-13(12)17(15(20)14(11)19)8-9-4-6-10(18)7-5-9/h1-7,18H,8H2. The van der Waals surface area contributed by atoms with Gasteiger partial charge in [0.25, 0.3) is 11.7 Å². The topological polar surface area (TPSA) is 57.6 Å². The van der Waals surface area contributed by atoms with Crippen LogP contribution in [0.25, 0.3) is 0 Å². The number of phenolic OH excluding ortho intramolecular Hbond substituents is 1. The second-order valence-electron chi connectivity index (χ2n) is 4.52. The van der Waals surface area contributed by atoms with Crippen LogP contribution in [0.2, 0.25) is 0 Å². The highest BCUT2D eigenvalue weighted by molar-refractivity contribution is 9.10. The fraction of sp³-hybridized carbons (Fsp3) is 0.0667. The first-order valence-corrected chi connectivity index (χ1v) is 6.80. The Kier molecular flexibility index (Phi) is 3.06. The van der Waals surface area contributed by atoms with Crippen LogP contribution in [-0.4, -0.2) is 16.8 Å². The molecule has 1 amide bonds. The number of carbonyl (C=O) groups excluding carboxylic acids is 2. The average Bonchev–Trinajstić information content (AvgIpc) is 2.68. The van der Waals surface area contributed by atoms with Crippen molar-refractivity contribution < 1.29 is 14.7 Å². The number of ketones is 1. The van der Waals surface area contributed by atoms with Crippen molar-refractivity contribution in [3.63, 3.8) is 0 Å². The van der Waals surface area contributed by atoms with Crippen LogP contribution < -0.4 is 4.90 Å². The quantitative estimate of drug-likeness (QED) is 0.861. The molecule has 2 aromatic rings. The van der Waals surface area contributed by atoms with Gasteiger partial charge in [-0.15, -0.1) is 0 Å². The molecule has 0 saturated heterocycles. The molecule has 0 unspecified atom stereocenters. The maximum absolute atomic E-state index is 12.1. The Morgan fingerprint density at radius 3 is 2.45 bits per heavy atom. The molecular formula is C15H10BrNO3. The van der Waals surface area contributed by atoms with Gasteiger partial charge in [0.15, 0.2) is 0 Å². The molecule has 1 aliphatic rings. The van der Waals surface area contributed by atoms with Gasteiger partial charge < -0.3 is 5.11 Å². The Morgan fingerprint density at radius 2 is 1.75 bits per heavy atom. The van der Waals surface area contributed by atoms with Crippen molar-refractivity contribution in [2.24, 2.45) is 0 Å². The summed E-state index contributed by atoms with van der Waals surface area (Å²) in [6.07, 6.45) is 0. The number of aromatic hydroxyl groups is 1. The van der Waals surface area contributed by atoms with Gasteiger partial charge >= 0.3 is 0 Å². The minimum absolute atomic E-state index is 0.166. The van der Waals surface area contributed by atoms with Crippen molar-refractivity contribution in [3.8, 4) is 5.75 Å². The smallest absolute Gasteiger partial charge is 0.299 e.